The third-order valence-electron chi connectivity index (χ3n) is 4.72. The standard InChI is InChI=1S/C25H38N4O6/c1-24(2,3)19(30)13-28-23(34)18(12-17-10-8-7-9-11-17)29-21(32)15-26-20(31)14-27-22(33)16-35-25(4,5)6/h7-11,18H,12-16H2,1-6H3,(H,26,31)(H,27,33)(H,28,34)(H,29,32). The molecule has 0 aliphatic heterocycles. The summed E-state index contributed by atoms with van der Waals surface area (Å²) >= 11 is 0. The Morgan fingerprint density at radius 2 is 1.34 bits per heavy atom. The average Bonchev–Trinajstić information content (AvgIpc) is 2.77. The van der Waals surface area contributed by atoms with Gasteiger partial charge < -0.3 is 26.0 Å². The molecule has 0 saturated heterocycles. The van der Waals surface area contributed by atoms with Crippen LogP contribution in [0.4, 0.5) is 0 Å². The first-order valence-corrected chi connectivity index (χ1v) is 11.5. The molecule has 4 N–H and O–H groups in total. The molecular weight excluding hydrogens is 452 g/mol. The van der Waals surface area contributed by atoms with Gasteiger partial charge in [-0.25, -0.2) is 0 Å². The van der Waals surface area contributed by atoms with Gasteiger partial charge in [0, 0.05) is 11.8 Å². The zero-order chi connectivity index (χ0) is 26.6. The van der Waals surface area contributed by atoms with Gasteiger partial charge in [0.05, 0.1) is 25.2 Å². The number of Topliss-reactive ketones (excluding diaryl/α,β-unsaturated/α-hetero) is 1. The summed E-state index contributed by atoms with van der Waals surface area (Å²) in [5, 5.41) is 9.99. The van der Waals surface area contributed by atoms with E-state index in [1.807, 2.05) is 30.3 Å². The highest BCUT2D eigenvalue weighted by molar-refractivity contribution is 5.94. The van der Waals surface area contributed by atoms with E-state index in [4.69, 9.17) is 4.74 Å². The second-order valence-electron chi connectivity index (χ2n) is 10.2. The number of carbonyl (C=O) groups excluding carboxylic acids is 5. The lowest BCUT2D eigenvalue weighted by Gasteiger charge is -2.21. The van der Waals surface area contributed by atoms with Gasteiger partial charge in [-0.1, -0.05) is 51.1 Å². The van der Waals surface area contributed by atoms with Gasteiger partial charge in [0.1, 0.15) is 12.6 Å². The third-order valence-corrected chi connectivity index (χ3v) is 4.72. The lowest BCUT2D eigenvalue weighted by Crippen LogP contribution is -2.52. The number of amides is 4. The zero-order valence-electron chi connectivity index (χ0n) is 21.4. The molecule has 1 unspecified atom stereocenters. The van der Waals surface area contributed by atoms with Gasteiger partial charge in [0.25, 0.3) is 0 Å². The van der Waals surface area contributed by atoms with Crippen LogP contribution in [-0.2, 0) is 35.1 Å². The van der Waals surface area contributed by atoms with Crippen LogP contribution in [0.5, 0.6) is 0 Å². The van der Waals surface area contributed by atoms with E-state index in [0.717, 1.165) is 5.56 Å². The first-order chi connectivity index (χ1) is 16.2. The van der Waals surface area contributed by atoms with Crippen LogP contribution in [0.2, 0.25) is 0 Å². The van der Waals surface area contributed by atoms with E-state index in [2.05, 4.69) is 21.3 Å². The van der Waals surface area contributed by atoms with Crippen molar-refractivity contribution in [3.63, 3.8) is 0 Å². The maximum absolute atomic E-state index is 12.7. The maximum atomic E-state index is 12.7. The molecule has 0 heterocycles. The molecule has 1 aromatic rings. The van der Waals surface area contributed by atoms with E-state index in [1.165, 1.54) is 0 Å². The van der Waals surface area contributed by atoms with E-state index >= 15 is 0 Å². The molecule has 1 aromatic carbocycles. The number of benzene rings is 1. The molecule has 0 radical (unpaired) electrons. The van der Waals surface area contributed by atoms with Crippen molar-refractivity contribution >= 4 is 29.4 Å². The molecule has 194 valence electrons. The van der Waals surface area contributed by atoms with E-state index in [-0.39, 0.29) is 38.4 Å². The normalized spacial score (nSPS) is 12.3. The Morgan fingerprint density at radius 3 is 1.91 bits per heavy atom. The van der Waals surface area contributed by atoms with Crippen LogP contribution >= 0.6 is 0 Å². The van der Waals surface area contributed by atoms with Crippen LogP contribution in [0.15, 0.2) is 30.3 Å². The summed E-state index contributed by atoms with van der Waals surface area (Å²) in [5.41, 5.74) is -0.274. The number of hydrogen-bond acceptors (Lipinski definition) is 6. The molecule has 0 spiro atoms. The van der Waals surface area contributed by atoms with Gasteiger partial charge >= 0.3 is 0 Å². The summed E-state index contributed by atoms with van der Waals surface area (Å²) < 4.78 is 5.32. The van der Waals surface area contributed by atoms with Crippen molar-refractivity contribution in [1.82, 2.24) is 21.3 Å². The SMILES string of the molecule is CC(C)(C)OCC(=O)NCC(=O)NCC(=O)NC(Cc1ccccc1)C(=O)NCC(=O)C(C)(C)C. The summed E-state index contributed by atoms with van der Waals surface area (Å²) in [6.45, 7) is 9.64. The predicted molar refractivity (Wildman–Crippen MR) is 131 cm³/mol. The first-order valence-electron chi connectivity index (χ1n) is 11.5. The largest absolute Gasteiger partial charge is 0.366 e. The molecule has 1 rings (SSSR count). The summed E-state index contributed by atoms with van der Waals surface area (Å²) in [6, 6.07) is 8.17. The number of ketones is 1. The van der Waals surface area contributed by atoms with Crippen molar-refractivity contribution < 1.29 is 28.7 Å². The van der Waals surface area contributed by atoms with Gasteiger partial charge in [-0.3, -0.25) is 24.0 Å². The van der Waals surface area contributed by atoms with Crippen molar-refractivity contribution in [3.05, 3.63) is 35.9 Å². The summed E-state index contributed by atoms with van der Waals surface area (Å²) in [6.07, 6.45) is 0.208. The Morgan fingerprint density at radius 1 is 0.771 bits per heavy atom. The van der Waals surface area contributed by atoms with Crippen LogP contribution in [0, 0.1) is 5.41 Å². The van der Waals surface area contributed by atoms with Gasteiger partial charge in [-0.15, -0.1) is 0 Å². The molecule has 0 saturated carbocycles. The maximum Gasteiger partial charge on any atom is 0.246 e. The highest BCUT2D eigenvalue weighted by atomic mass is 16.5. The topological polar surface area (TPSA) is 143 Å². The minimum absolute atomic E-state index is 0.141. The number of ether oxygens (including phenoxy) is 1. The second kappa shape index (κ2) is 13.6. The minimum Gasteiger partial charge on any atom is -0.366 e. The fourth-order valence-electron chi connectivity index (χ4n) is 2.61. The van der Waals surface area contributed by atoms with Crippen molar-refractivity contribution in [2.75, 3.05) is 26.2 Å². The molecule has 35 heavy (non-hydrogen) atoms. The molecule has 4 amide bonds. The van der Waals surface area contributed by atoms with Crippen LogP contribution in [0.1, 0.15) is 47.1 Å². The molecule has 0 fully saturated rings. The fraction of sp³-hybridized carbons (Fsp3) is 0.560. The summed E-state index contributed by atoms with van der Waals surface area (Å²) in [7, 11) is 0. The predicted octanol–water partition coefficient (Wildman–Crippen LogP) is 0.493. The lowest BCUT2D eigenvalue weighted by atomic mass is 9.91. The lowest BCUT2D eigenvalue weighted by molar-refractivity contribution is -0.133. The first kappa shape index (κ1) is 29.8. The highest BCUT2D eigenvalue weighted by Crippen LogP contribution is 2.13. The molecule has 10 heteroatoms. The average molecular weight is 491 g/mol. The van der Waals surface area contributed by atoms with Crippen LogP contribution in [-0.4, -0.2) is 67.3 Å². The molecule has 0 aromatic heterocycles. The third kappa shape index (κ3) is 13.3. The Labute approximate surface area is 206 Å². The van der Waals surface area contributed by atoms with E-state index in [0.29, 0.717) is 0 Å². The monoisotopic (exact) mass is 490 g/mol. The fourth-order valence-corrected chi connectivity index (χ4v) is 2.61. The van der Waals surface area contributed by atoms with Gasteiger partial charge in [0.2, 0.25) is 23.6 Å². The van der Waals surface area contributed by atoms with Crippen molar-refractivity contribution in [1.29, 1.82) is 0 Å². The summed E-state index contributed by atoms with van der Waals surface area (Å²) in [4.78, 5) is 61.0. The Kier molecular flexibility index (Phi) is 11.5. The summed E-state index contributed by atoms with van der Waals surface area (Å²) in [5.74, 6) is -2.25. The van der Waals surface area contributed by atoms with E-state index in [9.17, 15) is 24.0 Å². The van der Waals surface area contributed by atoms with Crippen LogP contribution < -0.4 is 21.3 Å². The molecular formula is C25H38N4O6. The molecule has 1 atom stereocenters. The quantitative estimate of drug-likeness (QED) is 0.336. The Bertz CT molecular complexity index is 887. The van der Waals surface area contributed by atoms with Crippen molar-refractivity contribution in [3.8, 4) is 0 Å². The minimum atomic E-state index is -0.941. The number of rotatable bonds is 12. The number of nitrogens with one attached hydrogen (secondary N) is 4. The second-order valence-corrected chi connectivity index (χ2v) is 10.2. The number of carbonyl (C=O) groups is 5. The van der Waals surface area contributed by atoms with Crippen molar-refractivity contribution in [2.24, 2.45) is 5.41 Å². The molecule has 0 aliphatic carbocycles. The van der Waals surface area contributed by atoms with E-state index in [1.54, 1.807) is 41.5 Å². The Balaban J connectivity index is 2.60. The smallest absolute Gasteiger partial charge is 0.246 e. The number of hydrogen-bond donors (Lipinski definition) is 4. The van der Waals surface area contributed by atoms with Gasteiger partial charge in [0.15, 0.2) is 5.78 Å². The highest BCUT2D eigenvalue weighted by Gasteiger charge is 2.25. The van der Waals surface area contributed by atoms with Crippen LogP contribution in [0.25, 0.3) is 0 Å². The molecule has 0 bridgehead atoms. The molecule has 10 nitrogen and oxygen atoms in total. The van der Waals surface area contributed by atoms with Crippen LogP contribution in [0.3, 0.4) is 0 Å². The van der Waals surface area contributed by atoms with E-state index < -0.39 is 40.7 Å². The Hall–Kier alpha value is -3.27. The van der Waals surface area contributed by atoms with Crippen molar-refractivity contribution in [2.45, 2.75) is 59.6 Å². The zero-order valence-corrected chi connectivity index (χ0v) is 21.4. The van der Waals surface area contributed by atoms with Gasteiger partial charge in [-0.2, -0.15) is 0 Å². The molecule has 0 aliphatic rings. The van der Waals surface area contributed by atoms with Gasteiger partial charge in [-0.05, 0) is 26.3 Å².